The highest BCUT2D eigenvalue weighted by Crippen LogP contribution is 2.16. The largest absolute Gasteiger partial charge is 0.372 e. The molecule has 1 rings (SSSR count). The zero-order valence-electron chi connectivity index (χ0n) is 13.3. The van der Waals surface area contributed by atoms with Crippen molar-refractivity contribution >= 4 is 15.9 Å². The van der Waals surface area contributed by atoms with Crippen LogP contribution in [0.15, 0.2) is 29.2 Å². The van der Waals surface area contributed by atoms with E-state index in [1.165, 1.54) is 4.31 Å². The quantitative estimate of drug-likeness (QED) is 0.743. The van der Waals surface area contributed by atoms with Gasteiger partial charge in [-0.2, -0.15) is 4.31 Å². The molecule has 124 valence electrons. The van der Waals surface area contributed by atoms with Crippen LogP contribution in [0.1, 0.15) is 26.3 Å². The van der Waals surface area contributed by atoms with Crippen molar-refractivity contribution in [2.24, 2.45) is 0 Å². The Hall–Kier alpha value is -1.44. The van der Waals surface area contributed by atoms with Crippen LogP contribution in [0.2, 0.25) is 0 Å². The molecule has 1 N–H and O–H groups in total. The number of nitrogens with one attached hydrogen (secondary N) is 1. The molecule has 0 radical (unpaired) electrons. The Bertz CT molecular complexity index is 566. The topological polar surface area (TPSA) is 75.7 Å². The molecular weight excluding hydrogens is 304 g/mol. The van der Waals surface area contributed by atoms with Gasteiger partial charge in [0.05, 0.1) is 4.90 Å². The van der Waals surface area contributed by atoms with E-state index in [4.69, 9.17) is 4.74 Å². The number of sulfonamides is 1. The van der Waals surface area contributed by atoms with Crippen molar-refractivity contribution in [2.75, 3.05) is 26.3 Å². The first-order chi connectivity index (χ1) is 10.5. The summed E-state index contributed by atoms with van der Waals surface area (Å²) >= 11 is 0. The molecule has 0 atom stereocenters. The van der Waals surface area contributed by atoms with Crippen molar-refractivity contribution < 1.29 is 17.9 Å². The zero-order chi connectivity index (χ0) is 16.6. The van der Waals surface area contributed by atoms with Crippen LogP contribution in [-0.4, -0.2) is 44.9 Å². The number of amides is 1. The lowest BCUT2D eigenvalue weighted by atomic mass is 10.2. The van der Waals surface area contributed by atoms with Crippen LogP contribution >= 0.6 is 0 Å². The maximum atomic E-state index is 12.3. The summed E-state index contributed by atoms with van der Waals surface area (Å²) in [6.45, 7) is 7.19. The Kier molecular flexibility index (Phi) is 7.50. The molecule has 0 saturated heterocycles. The number of benzene rings is 1. The maximum Gasteiger partial charge on any atom is 0.246 e. The summed E-state index contributed by atoms with van der Waals surface area (Å²) in [4.78, 5) is 11.7. The molecule has 7 heteroatoms. The highest BCUT2D eigenvalue weighted by atomic mass is 32.2. The Labute approximate surface area is 132 Å². The molecule has 6 nitrogen and oxygen atoms in total. The smallest absolute Gasteiger partial charge is 0.246 e. The van der Waals surface area contributed by atoms with Crippen molar-refractivity contribution in [2.45, 2.75) is 32.2 Å². The highest BCUT2D eigenvalue weighted by molar-refractivity contribution is 7.89. The van der Waals surface area contributed by atoms with Gasteiger partial charge in [0, 0.05) is 26.2 Å². The van der Waals surface area contributed by atoms with E-state index in [-0.39, 0.29) is 17.4 Å². The molecule has 0 heterocycles. The van der Waals surface area contributed by atoms with E-state index in [0.29, 0.717) is 26.2 Å². The first kappa shape index (κ1) is 18.6. The van der Waals surface area contributed by atoms with Crippen LogP contribution in [0.3, 0.4) is 0 Å². The fourth-order valence-electron chi connectivity index (χ4n) is 1.94. The molecule has 0 spiro atoms. The van der Waals surface area contributed by atoms with Gasteiger partial charge in [0.15, 0.2) is 0 Å². The third-order valence-electron chi connectivity index (χ3n) is 3.19. The Balaban J connectivity index is 2.69. The summed E-state index contributed by atoms with van der Waals surface area (Å²) < 4.78 is 31.1. The third-order valence-corrected chi connectivity index (χ3v) is 5.26. The van der Waals surface area contributed by atoms with Crippen LogP contribution in [0.25, 0.3) is 0 Å². The molecule has 0 aliphatic carbocycles. The van der Waals surface area contributed by atoms with Crippen LogP contribution in [0, 0.1) is 0 Å². The van der Waals surface area contributed by atoms with Gasteiger partial charge in [-0.3, -0.25) is 4.79 Å². The number of nitrogens with zero attached hydrogens (tertiary/aromatic N) is 1. The number of rotatable bonds is 9. The first-order valence-electron chi connectivity index (χ1n) is 7.39. The lowest BCUT2D eigenvalue weighted by Crippen LogP contribution is -2.30. The highest BCUT2D eigenvalue weighted by Gasteiger charge is 2.21. The van der Waals surface area contributed by atoms with Crippen LogP contribution in [0.5, 0.6) is 0 Å². The number of hydrogen-bond acceptors (Lipinski definition) is 4. The summed E-state index contributed by atoms with van der Waals surface area (Å²) in [5.41, 5.74) is 0.836. The van der Waals surface area contributed by atoms with Gasteiger partial charge in [-0.15, -0.1) is 0 Å². The van der Waals surface area contributed by atoms with Crippen molar-refractivity contribution in [1.29, 1.82) is 0 Å². The molecule has 1 aromatic rings. The minimum atomic E-state index is -3.44. The van der Waals surface area contributed by atoms with E-state index in [0.717, 1.165) is 5.56 Å². The molecule has 22 heavy (non-hydrogen) atoms. The van der Waals surface area contributed by atoms with Gasteiger partial charge in [0.1, 0.15) is 6.61 Å². The number of carbonyl (C=O) groups is 1. The summed E-state index contributed by atoms with van der Waals surface area (Å²) in [6.07, 6.45) is 0. The van der Waals surface area contributed by atoms with E-state index in [1.54, 1.807) is 24.3 Å². The monoisotopic (exact) mass is 328 g/mol. The number of hydrogen-bond donors (Lipinski definition) is 1. The van der Waals surface area contributed by atoms with Gasteiger partial charge < -0.3 is 10.1 Å². The number of ether oxygens (including phenoxy) is 1. The molecule has 0 fully saturated rings. The van der Waals surface area contributed by atoms with Crippen LogP contribution in [0.4, 0.5) is 0 Å². The Morgan fingerprint density at radius 2 is 1.73 bits per heavy atom. The van der Waals surface area contributed by atoms with Crippen molar-refractivity contribution in [3.05, 3.63) is 29.8 Å². The minimum Gasteiger partial charge on any atom is -0.372 e. The van der Waals surface area contributed by atoms with Crippen molar-refractivity contribution in [3.8, 4) is 0 Å². The minimum absolute atomic E-state index is 0.0327. The van der Waals surface area contributed by atoms with Gasteiger partial charge >= 0.3 is 0 Å². The maximum absolute atomic E-state index is 12.3. The second-order valence-corrected chi connectivity index (χ2v) is 6.59. The molecule has 1 amide bonds. The average Bonchev–Trinajstić information content (AvgIpc) is 2.52. The van der Waals surface area contributed by atoms with Crippen molar-refractivity contribution in [1.82, 2.24) is 9.62 Å². The predicted molar refractivity (Wildman–Crippen MR) is 84.9 cm³/mol. The molecule has 1 aromatic carbocycles. The molecule has 0 aliphatic rings. The summed E-state index contributed by atoms with van der Waals surface area (Å²) in [5, 5.41) is 2.71. The summed E-state index contributed by atoms with van der Waals surface area (Å²) in [6, 6.07) is 6.55. The number of carbonyl (C=O) groups excluding carboxylic acids is 1. The Morgan fingerprint density at radius 1 is 1.14 bits per heavy atom. The van der Waals surface area contributed by atoms with Gasteiger partial charge in [-0.1, -0.05) is 26.0 Å². The fraction of sp³-hybridized carbons (Fsp3) is 0.533. The standard InChI is InChI=1S/C15H24N2O4S/c1-4-17(5-2)22(19,20)14-9-7-13(8-10-14)11-16-15(18)12-21-6-3/h7-10H,4-6,11-12H2,1-3H3,(H,16,18). The zero-order valence-corrected chi connectivity index (χ0v) is 14.1. The molecule has 0 bridgehead atoms. The van der Waals surface area contributed by atoms with Gasteiger partial charge in [0.25, 0.3) is 0 Å². The molecule has 0 unspecified atom stereocenters. The van der Waals surface area contributed by atoms with E-state index < -0.39 is 10.0 Å². The average molecular weight is 328 g/mol. The summed E-state index contributed by atoms with van der Waals surface area (Å²) in [5.74, 6) is -0.193. The molecule has 0 aromatic heterocycles. The van der Waals surface area contributed by atoms with E-state index in [1.807, 2.05) is 20.8 Å². The molecule has 0 saturated carbocycles. The fourth-order valence-corrected chi connectivity index (χ4v) is 3.40. The van der Waals surface area contributed by atoms with Gasteiger partial charge in [-0.25, -0.2) is 8.42 Å². The van der Waals surface area contributed by atoms with E-state index in [2.05, 4.69) is 5.32 Å². The lowest BCUT2D eigenvalue weighted by molar-refractivity contribution is -0.125. The van der Waals surface area contributed by atoms with Crippen LogP contribution < -0.4 is 5.32 Å². The van der Waals surface area contributed by atoms with E-state index >= 15 is 0 Å². The van der Waals surface area contributed by atoms with Gasteiger partial charge in [-0.05, 0) is 24.6 Å². The second kappa shape index (κ2) is 8.87. The van der Waals surface area contributed by atoms with Crippen LogP contribution in [-0.2, 0) is 26.1 Å². The van der Waals surface area contributed by atoms with E-state index in [9.17, 15) is 13.2 Å². The summed E-state index contributed by atoms with van der Waals surface area (Å²) in [7, 11) is -3.44. The van der Waals surface area contributed by atoms with Gasteiger partial charge in [0.2, 0.25) is 15.9 Å². The Morgan fingerprint density at radius 3 is 2.23 bits per heavy atom. The second-order valence-electron chi connectivity index (χ2n) is 4.65. The van der Waals surface area contributed by atoms with Crippen molar-refractivity contribution in [3.63, 3.8) is 0 Å². The normalized spacial score (nSPS) is 11.6. The SMILES string of the molecule is CCOCC(=O)NCc1ccc(S(=O)(=O)N(CC)CC)cc1. The molecular formula is C15H24N2O4S. The lowest BCUT2D eigenvalue weighted by Gasteiger charge is -2.18. The third kappa shape index (κ3) is 5.08. The first-order valence-corrected chi connectivity index (χ1v) is 8.83. The predicted octanol–water partition coefficient (Wildman–Crippen LogP) is 1.37. The molecule has 0 aliphatic heterocycles.